The summed E-state index contributed by atoms with van der Waals surface area (Å²) in [5, 5.41) is 0.847. The molecule has 0 radical (unpaired) electrons. The molecule has 0 unspecified atom stereocenters. The number of thiophene rings is 1. The number of benzene rings is 1. The minimum atomic E-state index is -0.879. The van der Waals surface area contributed by atoms with Crippen molar-refractivity contribution in [1.82, 2.24) is 0 Å². The number of fused-ring (bicyclic) bond motifs is 1. The second-order valence-corrected chi connectivity index (χ2v) is 9.66. The Bertz CT molecular complexity index is 980. The van der Waals surface area contributed by atoms with Crippen LogP contribution in [-0.2, 0) is 11.3 Å². The molecule has 2 aromatic rings. The Kier molecular flexibility index (Phi) is 6.57. The van der Waals surface area contributed by atoms with E-state index in [-0.39, 0.29) is 18.2 Å². The van der Waals surface area contributed by atoms with Gasteiger partial charge in [0.1, 0.15) is 18.2 Å². The molecule has 0 bridgehead atoms. The first-order valence-electron chi connectivity index (χ1n) is 11.1. The molecule has 0 spiro atoms. The average molecular weight is 435 g/mol. The van der Waals surface area contributed by atoms with Gasteiger partial charge in [0.25, 0.3) is 0 Å². The SMILES string of the molecule is CCC1=C(F)C(F)=C(OCc2cc3ccc(C4CCC(CC)CC4)c(F)c3s2)CC1. The number of hydrogen-bond acceptors (Lipinski definition) is 2. The predicted octanol–water partition coefficient (Wildman–Crippen LogP) is 8.85. The third-order valence-corrected chi connectivity index (χ3v) is 7.91. The van der Waals surface area contributed by atoms with E-state index in [1.54, 1.807) is 0 Å². The van der Waals surface area contributed by atoms with E-state index in [2.05, 4.69) is 6.92 Å². The van der Waals surface area contributed by atoms with Crippen molar-refractivity contribution in [2.45, 2.75) is 77.7 Å². The molecule has 162 valence electrons. The average Bonchev–Trinajstić information content (AvgIpc) is 3.19. The number of hydrogen-bond donors (Lipinski definition) is 0. The lowest BCUT2D eigenvalue weighted by atomic mass is 9.77. The number of allylic oxidation sites excluding steroid dienone is 4. The Morgan fingerprint density at radius 3 is 2.47 bits per heavy atom. The molecule has 5 heteroatoms. The summed E-state index contributed by atoms with van der Waals surface area (Å²) in [5.74, 6) is -0.632. The number of ether oxygens (including phenoxy) is 1. The van der Waals surface area contributed by atoms with Gasteiger partial charge in [-0.05, 0) is 72.9 Å². The van der Waals surface area contributed by atoms with E-state index in [0.717, 1.165) is 34.6 Å². The van der Waals surface area contributed by atoms with Gasteiger partial charge in [0.2, 0.25) is 0 Å². The minimum Gasteiger partial charge on any atom is -0.489 e. The molecule has 1 heterocycles. The van der Waals surface area contributed by atoms with Gasteiger partial charge in [0.05, 0.1) is 4.70 Å². The van der Waals surface area contributed by atoms with Crippen LogP contribution in [0.4, 0.5) is 13.2 Å². The van der Waals surface area contributed by atoms with Crippen LogP contribution < -0.4 is 0 Å². The Morgan fingerprint density at radius 1 is 1.00 bits per heavy atom. The molecule has 1 fully saturated rings. The maximum absolute atomic E-state index is 15.3. The normalized spacial score (nSPS) is 22.8. The van der Waals surface area contributed by atoms with Crippen molar-refractivity contribution in [3.63, 3.8) is 0 Å². The highest BCUT2D eigenvalue weighted by molar-refractivity contribution is 7.19. The maximum Gasteiger partial charge on any atom is 0.196 e. The van der Waals surface area contributed by atoms with E-state index >= 15 is 4.39 Å². The Labute approximate surface area is 180 Å². The Hall–Kier alpha value is -1.75. The monoisotopic (exact) mass is 434 g/mol. The fraction of sp³-hybridized carbons (Fsp3) is 0.520. The largest absolute Gasteiger partial charge is 0.489 e. The molecule has 0 amide bonds. The van der Waals surface area contributed by atoms with Gasteiger partial charge in [0, 0.05) is 11.3 Å². The van der Waals surface area contributed by atoms with Crippen molar-refractivity contribution >= 4 is 21.4 Å². The molecule has 4 rings (SSSR count). The second-order valence-electron chi connectivity index (χ2n) is 8.52. The topological polar surface area (TPSA) is 9.23 Å². The van der Waals surface area contributed by atoms with E-state index in [4.69, 9.17) is 4.74 Å². The third-order valence-electron chi connectivity index (χ3n) is 6.79. The van der Waals surface area contributed by atoms with Crippen molar-refractivity contribution in [3.05, 3.63) is 57.4 Å². The number of rotatable bonds is 6. The zero-order chi connectivity index (χ0) is 21.3. The molecule has 0 aliphatic heterocycles. The van der Waals surface area contributed by atoms with Crippen LogP contribution in [0.15, 0.2) is 41.2 Å². The van der Waals surface area contributed by atoms with Gasteiger partial charge in [-0.3, -0.25) is 0 Å². The Morgan fingerprint density at radius 2 is 1.77 bits per heavy atom. The summed E-state index contributed by atoms with van der Waals surface area (Å²) in [7, 11) is 0. The summed E-state index contributed by atoms with van der Waals surface area (Å²) in [5.41, 5.74) is 1.33. The van der Waals surface area contributed by atoms with Gasteiger partial charge in [-0.2, -0.15) is 0 Å². The molecule has 1 saturated carbocycles. The molecule has 0 N–H and O–H groups in total. The van der Waals surface area contributed by atoms with Crippen LogP contribution in [0.25, 0.3) is 10.1 Å². The minimum absolute atomic E-state index is 0.0657. The molecular weight excluding hydrogens is 405 g/mol. The second kappa shape index (κ2) is 9.17. The fourth-order valence-electron chi connectivity index (χ4n) is 4.79. The van der Waals surface area contributed by atoms with E-state index in [0.29, 0.717) is 35.5 Å². The first-order chi connectivity index (χ1) is 14.5. The van der Waals surface area contributed by atoms with Gasteiger partial charge in [0.15, 0.2) is 11.7 Å². The highest BCUT2D eigenvalue weighted by Crippen LogP contribution is 2.41. The smallest absolute Gasteiger partial charge is 0.196 e. The fourth-order valence-corrected chi connectivity index (χ4v) is 5.81. The zero-order valence-electron chi connectivity index (χ0n) is 17.7. The molecule has 0 atom stereocenters. The van der Waals surface area contributed by atoms with E-state index < -0.39 is 11.7 Å². The summed E-state index contributed by atoms with van der Waals surface area (Å²) in [6.07, 6.45) is 7.01. The van der Waals surface area contributed by atoms with Crippen molar-refractivity contribution in [1.29, 1.82) is 0 Å². The van der Waals surface area contributed by atoms with Crippen molar-refractivity contribution < 1.29 is 17.9 Å². The number of halogens is 3. The van der Waals surface area contributed by atoms with E-state index in [1.165, 1.54) is 30.6 Å². The lowest BCUT2D eigenvalue weighted by Gasteiger charge is -2.28. The van der Waals surface area contributed by atoms with E-state index in [1.807, 2.05) is 25.1 Å². The van der Waals surface area contributed by atoms with Crippen LogP contribution in [0.5, 0.6) is 0 Å². The van der Waals surface area contributed by atoms with Crippen LogP contribution in [0.3, 0.4) is 0 Å². The Balaban J connectivity index is 1.50. The molecule has 30 heavy (non-hydrogen) atoms. The molecule has 2 aliphatic rings. The molecule has 1 aromatic carbocycles. The van der Waals surface area contributed by atoms with E-state index in [9.17, 15) is 8.78 Å². The summed E-state index contributed by atoms with van der Waals surface area (Å²) >= 11 is 1.35. The van der Waals surface area contributed by atoms with Gasteiger partial charge in [-0.25, -0.2) is 13.2 Å². The molecule has 1 aromatic heterocycles. The van der Waals surface area contributed by atoms with Crippen LogP contribution in [0, 0.1) is 11.7 Å². The summed E-state index contributed by atoms with van der Waals surface area (Å²) in [6, 6.07) is 5.81. The summed E-state index contributed by atoms with van der Waals surface area (Å²) in [6.45, 7) is 4.19. The summed E-state index contributed by atoms with van der Waals surface area (Å²) in [4.78, 5) is 0.821. The van der Waals surface area contributed by atoms with Crippen LogP contribution in [0.2, 0.25) is 0 Å². The lowest BCUT2D eigenvalue weighted by Crippen LogP contribution is -2.13. The van der Waals surface area contributed by atoms with Crippen molar-refractivity contribution in [2.75, 3.05) is 0 Å². The van der Waals surface area contributed by atoms with Gasteiger partial charge >= 0.3 is 0 Å². The zero-order valence-corrected chi connectivity index (χ0v) is 18.5. The van der Waals surface area contributed by atoms with Crippen LogP contribution in [-0.4, -0.2) is 0 Å². The first-order valence-corrected chi connectivity index (χ1v) is 11.9. The molecule has 1 nitrogen and oxygen atoms in total. The molecule has 0 saturated heterocycles. The standard InChI is InChI=1S/C25H29F3OS/c1-3-15-5-7-17(8-6-15)20-11-9-18-13-19(30-25(18)23(20)27)14-29-21-12-10-16(4-2)22(26)24(21)28/h9,11,13,15,17H,3-8,10,12,14H2,1-2H3. The highest BCUT2D eigenvalue weighted by Gasteiger charge is 2.25. The van der Waals surface area contributed by atoms with Crippen molar-refractivity contribution in [3.8, 4) is 0 Å². The van der Waals surface area contributed by atoms with Gasteiger partial charge < -0.3 is 4.74 Å². The summed E-state index contributed by atoms with van der Waals surface area (Å²) < 4.78 is 49.8. The quantitative estimate of drug-likeness (QED) is 0.441. The predicted molar refractivity (Wildman–Crippen MR) is 117 cm³/mol. The van der Waals surface area contributed by atoms with Crippen molar-refractivity contribution in [2.24, 2.45) is 5.92 Å². The van der Waals surface area contributed by atoms with Gasteiger partial charge in [-0.15, -0.1) is 11.3 Å². The van der Waals surface area contributed by atoms with Crippen LogP contribution >= 0.6 is 11.3 Å². The lowest BCUT2D eigenvalue weighted by molar-refractivity contribution is 0.177. The highest BCUT2D eigenvalue weighted by atomic mass is 32.1. The van der Waals surface area contributed by atoms with Gasteiger partial charge in [-0.1, -0.05) is 32.4 Å². The third kappa shape index (κ3) is 4.18. The first kappa shape index (κ1) is 21.5. The van der Waals surface area contributed by atoms with Crippen LogP contribution in [0.1, 0.15) is 81.6 Å². The maximum atomic E-state index is 15.3. The molecular formula is C25H29F3OS. The molecule has 2 aliphatic carbocycles.